The Morgan fingerprint density at radius 1 is 1.17 bits per heavy atom. The number of rotatable bonds is 12. The van der Waals surface area contributed by atoms with E-state index in [2.05, 4.69) is 9.72 Å². The highest BCUT2D eigenvalue weighted by Crippen LogP contribution is 2.43. The zero-order valence-corrected chi connectivity index (χ0v) is 23.6. The number of hydrogen-bond donors (Lipinski definition) is 0. The van der Waals surface area contributed by atoms with Crippen LogP contribution in [0.2, 0.25) is 0 Å². The zero-order chi connectivity index (χ0) is 29.7. The molecule has 1 saturated heterocycles. The van der Waals surface area contributed by atoms with Gasteiger partial charge in [0.25, 0.3) is 5.91 Å². The Balaban J connectivity index is 1.52. The highest BCUT2D eigenvalue weighted by Gasteiger charge is 2.51. The molecule has 1 aromatic carbocycles. The molecule has 1 aromatic heterocycles. The molecule has 2 aliphatic rings. The van der Waals surface area contributed by atoms with E-state index in [0.29, 0.717) is 31.2 Å². The van der Waals surface area contributed by atoms with Gasteiger partial charge in [0, 0.05) is 46.2 Å². The molecule has 0 spiro atoms. The first kappa shape index (κ1) is 30.2. The number of ether oxygens (including phenoxy) is 4. The quantitative estimate of drug-likeness (QED) is 0.351. The third kappa shape index (κ3) is 7.29. The van der Waals surface area contributed by atoms with Gasteiger partial charge in [-0.05, 0) is 55.9 Å². The van der Waals surface area contributed by atoms with Gasteiger partial charge in [-0.2, -0.15) is 8.78 Å². The summed E-state index contributed by atoms with van der Waals surface area (Å²) in [4.78, 5) is 45.9. The number of likely N-dealkylation sites (N-methyl/N-ethyl adjacent to an activating group) is 1. The molecule has 1 saturated carbocycles. The highest BCUT2D eigenvalue weighted by atomic mass is 19.3. The van der Waals surface area contributed by atoms with Crippen molar-refractivity contribution >= 4 is 17.8 Å². The second kappa shape index (κ2) is 12.8. The molecule has 12 heteroatoms. The molecule has 2 aromatic rings. The van der Waals surface area contributed by atoms with Crippen LogP contribution in [0.4, 0.5) is 8.78 Å². The van der Waals surface area contributed by atoms with Crippen LogP contribution >= 0.6 is 0 Å². The molecule has 1 aliphatic carbocycles. The van der Waals surface area contributed by atoms with Gasteiger partial charge in [-0.3, -0.25) is 9.59 Å². The fourth-order valence-corrected chi connectivity index (χ4v) is 4.87. The molecule has 4 rings (SSSR count). The standard InChI is InChI=1S/C29H35F2N3O7/c1-18(35)34-16-21(20-10-11-23(40-28(30)31)24(14-20)39-17-19-8-9-19)15-29(34,2)27(37)41-25-7-5-6-22(32-25)26(36)33(3)12-13-38-4/h5-7,10-11,14,19,21,28H,8-9,12-13,15-17H2,1-4H3/t21?,29-/m1/s1. The van der Waals surface area contributed by atoms with Gasteiger partial charge < -0.3 is 28.7 Å². The SMILES string of the molecule is COCCN(C)C(=O)c1cccc(OC(=O)[C@@]2(C)CC(c3ccc(OC(F)F)c(OCC4CC4)c3)CN2C(C)=O)n1. The number of nitrogens with zero attached hydrogens (tertiary/aromatic N) is 3. The van der Waals surface area contributed by atoms with Crippen molar-refractivity contribution in [3.63, 3.8) is 0 Å². The zero-order valence-electron chi connectivity index (χ0n) is 23.6. The summed E-state index contributed by atoms with van der Waals surface area (Å²) in [5.74, 6) is -1.26. The summed E-state index contributed by atoms with van der Waals surface area (Å²) in [6.07, 6.45) is 2.26. The fraction of sp³-hybridized carbons (Fsp3) is 0.517. The Morgan fingerprint density at radius 2 is 1.93 bits per heavy atom. The first-order valence-electron chi connectivity index (χ1n) is 13.4. The maximum absolute atomic E-state index is 13.5. The van der Waals surface area contributed by atoms with E-state index in [1.165, 1.54) is 42.0 Å². The molecule has 2 fully saturated rings. The van der Waals surface area contributed by atoms with Crippen molar-refractivity contribution in [3.05, 3.63) is 47.7 Å². The van der Waals surface area contributed by atoms with Gasteiger partial charge in [-0.15, -0.1) is 0 Å². The minimum Gasteiger partial charge on any atom is -0.489 e. The molecular formula is C29H35F2N3O7. The monoisotopic (exact) mass is 575 g/mol. The number of alkyl halides is 2. The number of amides is 2. The van der Waals surface area contributed by atoms with E-state index in [4.69, 9.17) is 14.2 Å². The summed E-state index contributed by atoms with van der Waals surface area (Å²) in [6, 6.07) is 9.23. The normalized spacial score (nSPS) is 20.2. The predicted octanol–water partition coefficient (Wildman–Crippen LogP) is 3.89. The molecule has 0 radical (unpaired) electrons. The Bertz CT molecular complexity index is 1270. The average molecular weight is 576 g/mol. The molecule has 1 aliphatic heterocycles. The fourth-order valence-electron chi connectivity index (χ4n) is 4.87. The number of halogens is 2. The molecule has 0 N–H and O–H groups in total. The van der Waals surface area contributed by atoms with Gasteiger partial charge in [-0.25, -0.2) is 9.78 Å². The number of aromatic nitrogens is 1. The molecular weight excluding hydrogens is 540 g/mol. The van der Waals surface area contributed by atoms with Crippen molar-refractivity contribution in [3.8, 4) is 17.4 Å². The lowest BCUT2D eigenvalue weighted by atomic mass is 9.89. The smallest absolute Gasteiger partial charge is 0.387 e. The van der Waals surface area contributed by atoms with Crippen molar-refractivity contribution in [2.75, 3.05) is 40.5 Å². The maximum atomic E-state index is 13.5. The third-order valence-electron chi connectivity index (χ3n) is 7.41. The summed E-state index contributed by atoms with van der Waals surface area (Å²) in [5, 5.41) is 0. The van der Waals surface area contributed by atoms with Gasteiger partial charge >= 0.3 is 12.6 Å². The van der Waals surface area contributed by atoms with Crippen LogP contribution < -0.4 is 14.2 Å². The topological polar surface area (TPSA) is 107 Å². The van der Waals surface area contributed by atoms with Crippen LogP contribution in [0, 0.1) is 5.92 Å². The first-order valence-corrected chi connectivity index (χ1v) is 13.4. The van der Waals surface area contributed by atoms with Gasteiger partial charge in [0.05, 0.1) is 13.2 Å². The average Bonchev–Trinajstić information content (AvgIpc) is 3.70. The Labute approximate surface area is 237 Å². The minimum atomic E-state index is -3.00. The number of carbonyl (C=O) groups excluding carboxylic acids is 3. The second-order valence-corrected chi connectivity index (χ2v) is 10.6. The molecule has 222 valence electrons. The van der Waals surface area contributed by atoms with E-state index in [9.17, 15) is 23.2 Å². The summed E-state index contributed by atoms with van der Waals surface area (Å²) < 4.78 is 47.0. The lowest BCUT2D eigenvalue weighted by Gasteiger charge is -2.31. The van der Waals surface area contributed by atoms with Crippen LogP contribution in [0.15, 0.2) is 36.4 Å². The summed E-state index contributed by atoms with van der Waals surface area (Å²) in [6.45, 7) is 1.29. The Hall–Kier alpha value is -3.80. The van der Waals surface area contributed by atoms with Crippen molar-refractivity contribution < 1.29 is 42.1 Å². The first-order chi connectivity index (χ1) is 19.5. The molecule has 0 bridgehead atoms. The van der Waals surface area contributed by atoms with Crippen LogP contribution in [0.5, 0.6) is 17.4 Å². The maximum Gasteiger partial charge on any atom is 0.387 e. The van der Waals surface area contributed by atoms with Gasteiger partial charge in [-0.1, -0.05) is 12.1 Å². The number of hydrogen-bond acceptors (Lipinski definition) is 8. The van der Waals surface area contributed by atoms with Crippen molar-refractivity contribution in [1.29, 1.82) is 0 Å². The van der Waals surface area contributed by atoms with Gasteiger partial charge in [0.15, 0.2) is 11.5 Å². The lowest BCUT2D eigenvalue weighted by Crippen LogP contribution is -2.52. The van der Waals surface area contributed by atoms with E-state index in [-0.39, 0.29) is 53.8 Å². The molecule has 41 heavy (non-hydrogen) atoms. The van der Waals surface area contributed by atoms with E-state index < -0.39 is 18.1 Å². The van der Waals surface area contributed by atoms with E-state index in [0.717, 1.165) is 12.8 Å². The summed E-state index contributed by atoms with van der Waals surface area (Å²) >= 11 is 0. The second-order valence-electron chi connectivity index (χ2n) is 10.6. The van der Waals surface area contributed by atoms with Gasteiger partial charge in [0.1, 0.15) is 11.2 Å². The number of esters is 1. The number of pyridine rings is 1. The largest absolute Gasteiger partial charge is 0.489 e. The molecule has 2 amide bonds. The van der Waals surface area contributed by atoms with Crippen LogP contribution in [-0.4, -0.2) is 85.2 Å². The van der Waals surface area contributed by atoms with E-state index in [1.807, 2.05) is 0 Å². The Morgan fingerprint density at radius 3 is 2.59 bits per heavy atom. The van der Waals surface area contributed by atoms with Crippen LogP contribution in [0.3, 0.4) is 0 Å². The van der Waals surface area contributed by atoms with Crippen LogP contribution in [0.1, 0.15) is 55.1 Å². The Kier molecular flexibility index (Phi) is 9.42. The van der Waals surface area contributed by atoms with Crippen molar-refractivity contribution in [1.82, 2.24) is 14.8 Å². The van der Waals surface area contributed by atoms with E-state index in [1.54, 1.807) is 32.2 Å². The molecule has 2 heterocycles. The summed E-state index contributed by atoms with van der Waals surface area (Å²) in [7, 11) is 3.15. The predicted molar refractivity (Wildman–Crippen MR) is 143 cm³/mol. The van der Waals surface area contributed by atoms with Crippen molar-refractivity contribution in [2.45, 2.75) is 51.2 Å². The number of benzene rings is 1. The lowest BCUT2D eigenvalue weighted by molar-refractivity contribution is -0.152. The molecule has 2 atom stereocenters. The van der Waals surface area contributed by atoms with Crippen molar-refractivity contribution in [2.24, 2.45) is 5.92 Å². The number of carbonyl (C=O) groups is 3. The molecule has 1 unspecified atom stereocenters. The van der Waals surface area contributed by atoms with Crippen LogP contribution in [0.25, 0.3) is 0 Å². The third-order valence-corrected chi connectivity index (χ3v) is 7.41. The number of methoxy groups -OCH3 is 1. The minimum absolute atomic E-state index is 0.0682. The van der Waals surface area contributed by atoms with E-state index >= 15 is 0 Å². The molecule has 10 nitrogen and oxygen atoms in total. The summed E-state index contributed by atoms with van der Waals surface area (Å²) in [5.41, 5.74) is -0.540. The number of likely N-dealkylation sites (tertiary alicyclic amines) is 1. The van der Waals surface area contributed by atoms with Crippen LogP contribution in [-0.2, 0) is 14.3 Å². The highest BCUT2D eigenvalue weighted by molar-refractivity contribution is 5.92. The van der Waals surface area contributed by atoms with Gasteiger partial charge in [0.2, 0.25) is 11.8 Å².